The van der Waals surface area contributed by atoms with Crippen LogP contribution in [-0.2, 0) is 0 Å². The number of nitrogens with two attached hydrogens (primary N) is 1. The van der Waals surface area contributed by atoms with E-state index in [1.807, 2.05) is 12.1 Å². The zero-order chi connectivity index (χ0) is 12.5. The number of rotatable bonds is 1. The smallest absolute Gasteiger partial charge is 0.124 e. The first-order valence-electron chi connectivity index (χ1n) is 5.97. The third-order valence-electron chi connectivity index (χ3n) is 3.19. The van der Waals surface area contributed by atoms with Crippen molar-refractivity contribution in [1.29, 1.82) is 0 Å². The molecule has 0 saturated heterocycles. The summed E-state index contributed by atoms with van der Waals surface area (Å²) in [5.41, 5.74) is 9.09. The maximum absolute atomic E-state index is 5.76. The van der Waals surface area contributed by atoms with Gasteiger partial charge in [0.1, 0.15) is 5.82 Å². The van der Waals surface area contributed by atoms with Crippen molar-refractivity contribution in [3.05, 3.63) is 60.2 Å². The number of hydrogen-bond donors (Lipinski definition) is 1. The minimum absolute atomic E-state index is 0.553. The van der Waals surface area contributed by atoms with Gasteiger partial charge >= 0.3 is 0 Å². The third-order valence-corrected chi connectivity index (χ3v) is 3.19. The molecule has 1 heterocycles. The molecule has 0 amide bonds. The van der Waals surface area contributed by atoms with Crippen LogP contribution in [0, 0.1) is 6.92 Å². The van der Waals surface area contributed by atoms with Gasteiger partial charge in [-0.3, -0.25) is 0 Å². The number of pyridine rings is 1. The number of nitrogens with zero attached hydrogens (tertiary/aromatic N) is 1. The standard InChI is InChI=1S/C16H14N2/c1-11-9-10-14(13-6-3-2-5-12(11)13)15-7-4-8-16(17)18-15/h2-10H,1H3,(H2,17,18). The molecular formula is C16H14N2. The average Bonchev–Trinajstić information content (AvgIpc) is 2.39. The Morgan fingerprint density at radius 2 is 1.61 bits per heavy atom. The minimum Gasteiger partial charge on any atom is -0.384 e. The van der Waals surface area contributed by atoms with E-state index in [0.29, 0.717) is 5.82 Å². The van der Waals surface area contributed by atoms with Crippen LogP contribution >= 0.6 is 0 Å². The molecular weight excluding hydrogens is 220 g/mol. The molecule has 0 spiro atoms. The second-order valence-electron chi connectivity index (χ2n) is 4.42. The summed E-state index contributed by atoms with van der Waals surface area (Å²) in [6, 6.07) is 18.4. The van der Waals surface area contributed by atoms with Gasteiger partial charge < -0.3 is 5.73 Å². The van der Waals surface area contributed by atoms with Crippen LogP contribution in [0.5, 0.6) is 0 Å². The molecule has 0 fully saturated rings. The van der Waals surface area contributed by atoms with Gasteiger partial charge in [-0.1, -0.05) is 42.5 Å². The summed E-state index contributed by atoms with van der Waals surface area (Å²) in [5, 5.41) is 2.48. The minimum atomic E-state index is 0.553. The van der Waals surface area contributed by atoms with Crippen molar-refractivity contribution in [2.45, 2.75) is 6.92 Å². The lowest BCUT2D eigenvalue weighted by molar-refractivity contribution is 1.34. The van der Waals surface area contributed by atoms with Gasteiger partial charge in [0.2, 0.25) is 0 Å². The highest BCUT2D eigenvalue weighted by Gasteiger charge is 2.06. The van der Waals surface area contributed by atoms with E-state index in [2.05, 4.69) is 48.3 Å². The molecule has 1 aromatic heterocycles. The monoisotopic (exact) mass is 234 g/mol. The number of benzene rings is 2. The van der Waals surface area contributed by atoms with Gasteiger partial charge in [-0.2, -0.15) is 0 Å². The van der Waals surface area contributed by atoms with E-state index in [1.165, 1.54) is 16.3 Å². The molecule has 0 radical (unpaired) electrons. The van der Waals surface area contributed by atoms with Crippen molar-refractivity contribution >= 4 is 16.6 Å². The first-order chi connectivity index (χ1) is 8.75. The molecule has 0 bridgehead atoms. The van der Waals surface area contributed by atoms with Crippen molar-refractivity contribution < 1.29 is 0 Å². The third kappa shape index (κ3) is 1.72. The number of fused-ring (bicyclic) bond motifs is 1. The zero-order valence-corrected chi connectivity index (χ0v) is 10.2. The van der Waals surface area contributed by atoms with Gasteiger partial charge in [0.05, 0.1) is 5.69 Å². The first kappa shape index (κ1) is 10.8. The van der Waals surface area contributed by atoms with Crippen molar-refractivity contribution in [3.63, 3.8) is 0 Å². The molecule has 2 aromatic carbocycles. The van der Waals surface area contributed by atoms with E-state index in [1.54, 1.807) is 6.07 Å². The number of nitrogen functional groups attached to an aromatic ring is 1. The van der Waals surface area contributed by atoms with Crippen LogP contribution in [0.4, 0.5) is 5.82 Å². The summed E-state index contributed by atoms with van der Waals surface area (Å²) < 4.78 is 0. The summed E-state index contributed by atoms with van der Waals surface area (Å²) in [5.74, 6) is 0.553. The molecule has 2 nitrogen and oxygen atoms in total. The average molecular weight is 234 g/mol. The Morgan fingerprint density at radius 3 is 2.39 bits per heavy atom. The van der Waals surface area contributed by atoms with E-state index >= 15 is 0 Å². The summed E-state index contributed by atoms with van der Waals surface area (Å²) in [7, 11) is 0. The highest BCUT2D eigenvalue weighted by molar-refractivity contribution is 5.97. The van der Waals surface area contributed by atoms with Crippen molar-refractivity contribution in [2.75, 3.05) is 5.73 Å². The highest BCUT2D eigenvalue weighted by atomic mass is 14.8. The molecule has 0 atom stereocenters. The highest BCUT2D eigenvalue weighted by Crippen LogP contribution is 2.29. The van der Waals surface area contributed by atoms with Gasteiger partial charge in [0, 0.05) is 5.56 Å². The fourth-order valence-corrected chi connectivity index (χ4v) is 2.27. The van der Waals surface area contributed by atoms with Gasteiger partial charge in [0.25, 0.3) is 0 Å². The summed E-state index contributed by atoms with van der Waals surface area (Å²) in [6.45, 7) is 2.12. The van der Waals surface area contributed by atoms with Crippen molar-refractivity contribution in [2.24, 2.45) is 0 Å². The van der Waals surface area contributed by atoms with Gasteiger partial charge in [-0.25, -0.2) is 4.98 Å². The SMILES string of the molecule is Cc1ccc(-c2cccc(N)n2)c2ccccc12. The maximum Gasteiger partial charge on any atom is 0.124 e. The van der Waals surface area contributed by atoms with Crippen LogP contribution in [0.1, 0.15) is 5.56 Å². The molecule has 0 saturated carbocycles. The fraction of sp³-hybridized carbons (Fsp3) is 0.0625. The van der Waals surface area contributed by atoms with Crippen LogP contribution < -0.4 is 5.73 Å². The van der Waals surface area contributed by atoms with Gasteiger partial charge in [-0.15, -0.1) is 0 Å². The Balaban J connectivity index is 2.33. The Hall–Kier alpha value is -2.35. The van der Waals surface area contributed by atoms with E-state index in [-0.39, 0.29) is 0 Å². The number of anilines is 1. The van der Waals surface area contributed by atoms with Crippen LogP contribution in [0.25, 0.3) is 22.0 Å². The van der Waals surface area contributed by atoms with Crippen LogP contribution in [0.2, 0.25) is 0 Å². The lowest BCUT2D eigenvalue weighted by atomic mass is 9.98. The Kier molecular flexibility index (Phi) is 2.49. The predicted octanol–water partition coefficient (Wildman–Crippen LogP) is 3.79. The number of aryl methyl sites for hydroxylation is 1. The van der Waals surface area contributed by atoms with Crippen LogP contribution in [0.15, 0.2) is 54.6 Å². The maximum atomic E-state index is 5.76. The summed E-state index contributed by atoms with van der Waals surface area (Å²) in [4.78, 5) is 4.40. The number of aromatic nitrogens is 1. The van der Waals surface area contributed by atoms with Crippen LogP contribution in [0.3, 0.4) is 0 Å². The first-order valence-corrected chi connectivity index (χ1v) is 5.97. The molecule has 3 rings (SSSR count). The Bertz CT molecular complexity index is 717. The van der Waals surface area contributed by atoms with Crippen LogP contribution in [-0.4, -0.2) is 4.98 Å². The van der Waals surface area contributed by atoms with E-state index in [0.717, 1.165) is 11.3 Å². The number of hydrogen-bond acceptors (Lipinski definition) is 2. The molecule has 18 heavy (non-hydrogen) atoms. The normalized spacial score (nSPS) is 10.7. The molecule has 0 aliphatic rings. The van der Waals surface area contributed by atoms with E-state index < -0.39 is 0 Å². The molecule has 0 unspecified atom stereocenters. The van der Waals surface area contributed by atoms with Crippen molar-refractivity contribution in [3.8, 4) is 11.3 Å². The van der Waals surface area contributed by atoms with Crippen molar-refractivity contribution in [1.82, 2.24) is 4.98 Å². The Morgan fingerprint density at radius 1 is 0.833 bits per heavy atom. The largest absolute Gasteiger partial charge is 0.384 e. The topological polar surface area (TPSA) is 38.9 Å². The molecule has 2 heteroatoms. The summed E-state index contributed by atoms with van der Waals surface area (Å²) >= 11 is 0. The molecule has 88 valence electrons. The van der Waals surface area contributed by atoms with Gasteiger partial charge in [-0.05, 0) is 35.4 Å². The second-order valence-corrected chi connectivity index (χ2v) is 4.42. The molecule has 0 aliphatic heterocycles. The molecule has 2 N–H and O–H groups in total. The van der Waals surface area contributed by atoms with Gasteiger partial charge in [0.15, 0.2) is 0 Å². The molecule has 3 aromatic rings. The fourth-order valence-electron chi connectivity index (χ4n) is 2.27. The molecule has 0 aliphatic carbocycles. The van der Waals surface area contributed by atoms with E-state index in [9.17, 15) is 0 Å². The Labute approximate surface area is 106 Å². The zero-order valence-electron chi connectivity index (χ0n) is 10.2. The quantitative estimate of drug-likeness (QED) is 0.695. The lowest BCUT2D eigenvalue weighted by Gasteiger charge is -2.08. The predicted molar refractivity (Wildman–Crippen MR) is 76.3 cm³/mol. The second kappa shape index (κ2) is 4.15. The van der Waals surface area contributed by atoms with E-state index in [4.69, 9.17) is 5.73 Å². The summed E-state index contributed by atoms with van der Waals surface area (Å²) in [6.07, 6.45) is 0. The lowest BCUT2D eigenvalue weighted by Crippen LogP contribution is -1.92.